The van der Waals surface area contributed by atoms with E-state index in [1.807, 2.05) is 54.3 Å². The summed E-state index contributed by atoms with van der Waals surface area (Å²) >= 11 is 0. The van der Waals surface area contributed by atoms with Crippen LogP contribution in [0.25, 0.3) is 0 Å². The monoisotopic (exact) mass is 426 g/mol. The number of amides is 1. The van der Waals surface area contributed by atoms with Crippen LogP contribution in [-0.4, -0.2) is 76.4 Å². The second-order valence-corrected chi connectivity index (χ2v) is 8.02. The number of quaternary nitrogens is 1. The van der Waals surface area contributed by atoms with Crippen LogP contribution in [-0.2, 0) is 4.79 Å². The van der Waals surface area contributed by atoms with Gasteiger partial charge in [-0.15, -0.1) is 0 Å². The van der Waals surface area contributed by atoms with Crippen molar-refractivity contribution in [3.05, 3.63) is 48.5 Å². The molecule has 2 aromatic rings. The van der Waals surface area contributed by atoms with Crippen molar-refractivity contribution in [3.63, 3.8) is 0 Å². The van der Waals surface area contributed by atoms with Crippen LogP contribution in [0.2, 0.25) is 0 Å². The molecule has 31 heavy (non-hydrogen) atoms. The number of likely N-dealkylation sites (N-methyl/N-ethyl adjacent to an activating group) is 1. The Kier molecular flexibility index (Phi) is 6.82. The molecule has 1 amide bonds. The average Bonchev–Trinajstić information content (AvgIpc) is 2.82. The van der Waals surface area contributed by atoms with Crippen LogP contribution in [0.5, 0.6) is 17.2 Å². The molecule has 2 aromatic carbocycles. The van der Waals surface area contributed by atoms with Crippen LogP contribution in [0, 0.1) is 0 Å². The molecule has 2 heterocycles. The number of nitrogens with zero attached hydrogens (tertiary/aromatic N) is 2. The molecule has 0 unspecified atom stereocenters. The van der Waals surface area contributed by atoms with Crippen LogP contribution in [0.15, 0.2) is 48.5 Å². The molecule has 1 fully saturated rings. The van der Waals surface area contributed by atoms with Crippen molar-refractivity contribution in [2.24, 2.45) is 0 Å². The molecule has 0 spiro atoms. The number of hydrogen-bond donors (Lipinski definition) is 1. The molecule has 7 nitrogen and oxygen atoms in total. The summed E-state index contributed by atoms with van der Waals surface area (Å²) in [5, 5.41) is 0. The van der Waals surface area contributed by atoms with Crippen molar-refractivity contribution in [3.8, 4) is 17.2 Å². The van der Waals surface area contributed by atoms with Gasteiger partial charge < -0.3 is 28.9 Å². The van der Waals surface area contributed by atoms with E-state index < -0.39 is 0 Å². The van der Waals surface area contributed by atoms with Crippen molar-refractivity contribution in [1.82, 2.24) is 4.90 Å². The molecule has 4 rings (SSSR count). The number of carbonyl (C=O) groups excluding carboxylic acids is 1. The highest BCUT2D eigenvalue weighted by Crippen LogP contribution is 2.31. The molecule has 1 saturated heterocycles. The number of benzene rings is 2. The van der Waals surface area contributed by atoms with Crippen LogP contribution >= 0.6 is 0 Å². The summed E-state index contributed by atoms with van der Waals surface area (Å²) in [5.41, 5.74) is 1.13. The van der Waals surface area contributed by atoms with Crippen LogP contribution in [0.1, 0.15) is 6.92 Å². The third kappa shape index (κ3) is 5.05. The van der Waals surface area contributed by atoms with E-state index in [0.29, 0.717) is 26.2 Å². The van der Waals surface area contributed by atoms with Gasteiger partial charge in [-0.2, -0.15) is 0 Å². The molecule has 0 saturated carbocycles. The summed E-state index contributed by atoms with van der Waals surface area (Å²) in [4.78, 5) is 18.5. The van der Waals surface area contributed by atoms with E-state index in [2.05, 4.69) is 11.0 Å². The van der Waals surface area contributed by atoms with Crippen molar-refractivity contribution < 1.29 is 23.9 Å². The number of anilines is 1. The van der Waals surface area contributed by atoms with Crippen molar-refractivity contribution in [2.75, 3.05) is 64.4 Å². The van der Waals surface area contributed by atoms with E-state index >= 15 is 0 Å². The number of ether oxygens (including phenoxy) is 3. The van der Waals surface area contributed by atoms with Crippen molar-refractivity contribution in [2.45, 2.75) is 13.0 Å². The predicted octanol–water partition coefficient (Wildman–Crippen LogP) is 1.09. The SMILES string of the molecule is CCN(C[C@H]1COc2ccccc2O1)C(=O)C[NH+]1CCN(c2ccccc2OC)CC1. The van der Waals surface area contributed by atoms with Gasteiger partial charge in [0.15, 0.2) is 24.1 Å². The van der Waals surface area contributed by atoms with Gasteiger partial charge in [-0.1, -0.05) is 24.3 Å². The van der Waals surface area contributed by atoms with Crippen molar-refractivity contribution >= 4 is 11.6 Å². The number of methoxy groups -OCH3 is 1. The lowest BCUT2D eigenvalue weighted by Gasteiger charge is -2.35. The number of fused-ring (bicyclic) bond motifs is 1. The number of carbonyl (C=O) groups is 1. The first-order chi connectivity index (χ1) is 15.2. The highest BCUT2D eigenvalue weighted by Gasteiger charge is 2.28. The van der Waals surface area contributed by atoms with Crippen molar-refractivity contribution in [1.29, 1.82) is 0 Å². The molecule has 0 aromatic heterocycles. The minimum absolute atomic E-state index is 0.142. The Balaban J connectivity index is 1.28. The molecule has 0 radical (unpaired) electrons. The fourth-order valence-electron chi connectivity index (χ4n) is 4.26. The largest absolute Gasteiger partial charge is 0.495 e. The van der Waals surface area contributed by atoms with Gasteiger partial charge in [0.1, 0.15) is 12.4 Å². The minimum atomic E-state index is -0.142. The molecular formula is C24H32N3O4+. The number of para-hydroxylation sites is 4. The van der Waals surface area contributed by atoms with Crippen LogP contribution in [0.4, 0.5) is 5.69 Å². The summed E-state index contributed by atoms with van der Waals surface area (Å²) in [5.74, 6) is 2.59. The zero-order valence-electron chi connectivity index (χ0n) is 18.4. The quantitative estimate of drug-likeness (QED) is 0.718. The molecule has 2 aliphatic heterocycles. The maximum absolute atomic E-state index is 13.0. The first kappa shape index (κ1) is 21.3. The van der Waals surface area contributed by atoms with Gasteiger partial charge in [0.25, 0.3) is 5.91 Å². The lowest BCUT2D eigenvalue weighted by Crippen LogP contribution is -3.16. The first-order valence-corrected chi connectivity index (χ1v) is 11.1. The van der Waals surface area contributed by atoms with Gasteiger partial charge in [0, 0.05) is 6.54 Å². The van der Waals surface area contributed by atoms with Crippen LogP contribution < -0.4 is 24.0 Å². The standard InChI is InChI=1S/C24H31N3O4/c1-3-26(16-19-18-30-22-10-6-7-11-23(22)31-19)24(28)17-25-12-14-27(15-13-25)20-8-4-5-9-21(20)29-2/h4-11,19H,3,12-18H2,1-2H3/p+1/t19-/m0/s1. The number of hydrogen-bond acceptors (Lipinski definition) is 5. The second-order valence-electron chi connectivity index (χ2n) is 8.02. The summed E-state index contributed by atoms with van der Waals surface area (Å²) in [6.07, 6.45) is -0.142. The number of piperazine rings is 1. The van der Waals surface area contributed by atoms with Gasteiger partial charge in [0.05, 0.1) is 45.5 Å². The second kappa shape index (κ2) is 9.92. The van der Waals surface area contributed by atoms with E-state index in [-0.39, 0.29) is 12.0 Å². The maximum Gasteiger partial charge on any atom is 0.277 e. The van der Waals surface area contributed by atoms with E-state index in [4.69, 9.17) is 14.2 Å². The third-order valence-corrected chi connectivity index (χ3v) is 6.02. The molecule has 7 heteroatoms. The molecule has 0 bridgehead atoms. The Morgan fingerprint density at radius 3 is 2.58 bits per heavy atom. The molecule has 166 valence electrons. The predicted molar refractivity (Wildman–Crippen MR) is 119 cm³/mol. The van der Waals surface area contributed by atoms with Gasteiger partial charge >= 0.3 is 0 Å². The zero-order valence-corrected chi connectivity index (χ0v) is 18.4. The summed E-state index contributed by atoms with van der Waals surface area (Å²) in [6, 6.07) is 15.8. The lowest BCUT2D eigenvalue weighted by molar-refractivity contribution is -0.892. The smallest absolute Gasteiger partial charge is 0.277 e. The number of nitrogens with one attached hydrogen (secondary N) is 1. The Hall–Kier alpha value is -2.93. The molecule has 0 aliphatic carbocycles. The third-order valence-electron chi connectivity index (χ3n) is 6.02. The van der Waals surface area contributed by atoms with E-state index in [9.17, 15) is 4.79 Å². The van der Waals surface area contributed by atoms with E-state index in [1.165, 1.54) is 4.90 Å². The molecule has 1 atom stereocenters. The topological polar surface area (TPSA) is 55.7 Å². The summed E-state index contributed by atoms with van der Waals surface area (Å²) in [7, 11) is 1.71. The fourth-order valence-corrected chi connectivity index (χ4v) is 4.26. The normalized spacial score (nSPS) is 18.5. The van der Waals surface area contributed by atoms with Gasteiger partial charge in [-0.05, 0) is 31.2 Å². The average molecular weight is 427 g/mol. The minimum Gasteiger partial charge on any atom is -0.495 e. The molecule has 1 N–H and O–H groups in total. The zero-order chi connectivity index (χ0) is 21.6. The van der Waals surface area contributed by atoms with Gasteiger partial charge in [0.2, 0.25) is 0 Å². The molecule has 2 aliphatic rings. The van der Waals surface area contributed by atoms with Gasteiger partial charge in [-0.3, -0.25) is 4.79 Å². The Bertz CT molecular complexity index is 883. The van der Waals surface area contributed by atoms with E-state index in [1.54, 1.807) is 7.11 Å². The highest BCUT2D eigenvalue weighted by molar-refractivity contribution is 5.77. The fraction of sp³-hybridized carbons (Fsp3) is 0.458. The number of rotatable bonds is 7. The Morgan fingerprint density at radius 1 is 1.13 bits per heavy atom. The summed E-state index contributed by atoms with van der Waals surface area (Å²) < 4.78 is 17.3. The summed E-state index contributed by atoms with van der Waals surface area (Å²) in [6.45, 7) is 7.88. The van der Waals surface area contributed by atoms with Gasteiger partial charge in [-0.25, -0.2) is 0 Å². The molecular weight excluding hydrogens is 394 g/mol. The first-order valence-electron chi connectivity index (χ1n) is 11.1. The van der Waals surface area contributed by atoms with E-state index in [0.717, 1.165) is 49.1 Å². The highest BCUT2D eigenvalue weighted by atomic mass is 16.6. The Labute approximate surface area is 184 Å². The van der Waals surface area contributed by atoms with Crippen LogP contribution in [0.3, 0.4) is 0 Å². The maximum atomic E-state index is 13.0. The Morgan fingerprint density at radius 2 is 1.84 bits per heavy atom. The lowest BCUT2D eigenvalue weighted by atomic mass is 10.2.